The molecule has 1 aromatic rings. The zero-order chi connectivity index (χ0) is 8.97. The number of rotatable bonds is 3. The molecule has 71 valence electrons. The van der Waals surface area contributed by atoms with Gasteiger partial charge in [-0.25, -0.2) is 0 Å². The second kappa shape index (κ2) is 6.32. The van der Waals surface area contributed by atoms with Crippen LogP contribution in [0.5, 0.6) is 0 Å². The van der Waals surface area contributed by atoms with Crippen LogP contribution in [0, 0.1) is 38.6 Å². The summed E-state index contributed by atoms with van der Waals surface area (Å²) in [5.74, 6) is -0.202. The van der Waals surface area contributed by atoms with E-state index in [1.165, 1.54) is 6.92 Å². The van der Waals surface area contributed by atoms with Crippen molar-refractivity contribution in [2.45, 2.75) is 13.3 Å². The smallest absolute Gasteiger partial charge is 0.170 e. The SMILES string of the molecule is CC(=O)CC(=O)c1ccccc1.[Tb]. The van der Waals surface area contributed by atoms with Gasteiger partial charge < -0.3 is 0 Å². The van der Waals surface area contributed by atoms with Gasteiger partial charge in [-0.1, -0.05) is 30.3 Å². The zero-order valence-electron chi connectivity index (χ0n) is 7.24. The Morgan fingerprint density at radius 2 is 1.69 bits per heavy atom. The van der Waals surface area contributed by atoms with Gasteiger partial charge in [-0.15, -0.1) is 0 Å². The minimum absolute atomic E-state index is 0. The molecule has 0 aliphatic carbocycles. The van der Waals surface area contributed by atoms with Gasteiger partial charge in [-0.05, 0) is 6.92 Å². The fraction of sp³-hybridized carbons (Fsp3) is 0.200. The van der Waals surface area contributed by atoms with E-state index >= 15 is 0 Å². The van der Waals surface area contributed by atoms with Crippen LogP contribution in [0.4, 0.5) is 0 Å². The molecule has 2 nitrogen and oxygen atoms in total. The first-order valence-electron chi connectivity index (χ1n) is 3.78. The monoisotopic (exact) mass is 321 g/mol. The molecule has 0 bridgehead atoms. The first-order valence-corrected chi connectivity index (χ1v) is 3.78. The molecular formula is C10H10O2Tb. The van der Waals surface area contributed by atoms with E-state index in [-0.39, 0.29) is 56.6 Å². The number of benzene rings is 1. The number of hydrogen-bond acceptors (Lipinski definition) is 2. The van der Waals surface area contributed by atoms with E-state index in [4.69, 9.17) is 0 Å². The van der Waals surface area contributed by atoms with Crippen LogP contribution in [-0.4, -0.2) is 11.6 Å². The van der Waals surface area contributed by atoms with Crippen molar-refractivity contribution in [2.24, 2.45) is 0 Å². The summed E-state index contributed by atoms with van der Waals surface area (Å²) >= 11 is 0. The maximum absolute atomic E-state index is 11.2. The van der Waals surface area contributed by atoms with Gasteiger partial charge in [0.05, 0.1) is 6.42 Å². The summed E-state index contributed by atoms with van der Waals surface area (Å²) in [6.07, 6.45) is 0.00398. The topological polar surface area (TPSA) is 34.1 Å². The molecule has 0 spiro atoms. The van der Waals surface area contributed by atoms with Crippen molar-refractivity contribution in [3.63, 3.8) is 0 Å². The van der Waals surface area contributed by atoms with Crippen LogP contribution in [0.2, 0.25) is 0 Å². The Morgan fingerprint density at radius 3 is 2.15 bits per heavy atom. The van der Waals surface area contributed by atoms with Crippen LogP contribution in [0.15, 0.2) is 30.3 Å². The van der Waals surface area contributed by atoms with Gasteiger partial charge >= 0.3 is 0 Å². The van der Waals surface area contributed by atoms with Crippen LogP contribution >= 0.6 is 0 Å². The van der Waals surface area contributed by atoms with Crippen molar-refractivity contribution in [3.8, 4) is 0 Å². The molecule has 0 aliphatic heterocycles. The van der Waals surface area contributed by atoms with E-state index in [1.54, 1.807) is 24.3 Å². The van der Waals surface area contributed by atoms with Gasteiger partial charge in [0, 0.05) is 44.2 Å². The number of ketones is 2. The Labute approximate surface area is 108 Å². The number of carbonyl (C=O) groups is 2. The van der Waals surface area contributed by atoms with Crippen molar-refractivity contribution in [1.29, 1.82) is 0 Å². The molecule has 0 saturated carbocycles. The molecule has 1 radical (unpaired) electrons. The van der Waals surface area contributed by atoms with Gasteiger partial charge in [0.1, 0.15) is 5.78 Å². The van der Waals surface area contributed by atoms with Crippen LogP contribution in [-0.2, 0) is 4.79 Å². The molecule has 3 heteroatoms. The Morgan fingerprint density at radius 1 is 1.15 bits per heavy atom. The first-order chi connectivity index (χ1) is 5.70. The van der Waals surface area contributed by atoms with Crippen molar-refractivity contribution in [2.75, 3.05) is 0 Å². The first kappa shape index (κ1) is 12.8. The molecule has 0 amide bonds. The summed E-state index contributed by atoms with van der Waals surface area (Å²) < 4.78 is 0. The molecule has 0 aliphatic rings. The normalized spacial score (nSPS) is 8.69. The molecular weight excluding hydrogens is 311 g/mol. The van der Waals surface area contributed by atoms with Gasteiger partial charge in [0.2, 0.25) is 0 Å². The Bertz CT molecular complexity index is 293. The fourth-order valence-corrected chi connectivity index (χ4v) is 0.952. The molecule has 0 saturated heterocycles. The standard InChI is InChI=1S/C10H10O2.Tb/c1-8(11)7-10(12)9-5-3-2-4-6-9;/h2-6H,7H2,1H3;. The maximum atomic E-state index is 11.2. The van der Waals surface area contributed by atoms with Gasteiger partial charge in [-0.3, -0.25) is 9.59 Å². The second-order valence-electron chi connectivity index (χ2n) is 2.67. The predicted octanol–water partition coefficient (Wildman–Crippen LogP) is 1.85. The molecule has 1 aromatic carbocycles. The summed E-state index contributed by atoms with van der Waals surface area (Å²) in [6.45, 7) is 1.42. The minimum atomic E-state index is -0.108. The molecule has 0 fully saturated rings. The predicted molar refractivity (Wildman–Crippen MR) is 46.1 cm³/mol. The molecule has 0 unspecified atom stereocenters. The third-order valence-corrected chi connectivity index (χ3v) is 1.51. The zero-order valence-corrected chi connectivity index (χ0v) is 9.38. The van der Waals surface area contributed by atoms with Gasteiger partial charge in [0.25, 0.3) is 0 Å². The Kier molecular flexibility index (Phi) is 6.25. The fourth-order valence-electron chi connectivity index (χ4n) is 0.952. The molecule has 0 atom stereocenters. The summed E-state index contributed by atoms with van der Waals surface area (Å²) in [6, 6.07) is 8.84. The molecule has 0 heterocycles. The van der Waals surface area contributed by atoms with E-state index in [0.717, 1.165) is 0 Å². The molecule has 1 rings (SSSR count). The number of hydrogen-bond donors (Lipinski definition) is 0. The summed E-state index contributed by atoms with van der Waals surface area (Å²) in [4.78, 5) is 21.8. The maximum Gasteiger partial charge on any atom is 0.170 e. The summed E-state index contributed by atoms with van der Waals surface area (Å²) in [7, 11) is 0. The quantitative estimate of drug-likeness (QED) is 0.629. The Hall–Kier alpha value is -0.154. The van der Waals surface area contributed by atoms with Crippen LogP contribution in [0.1, 0.15) is 23.7 Å². The van der Waals surface area contributed by atoms with Crippen molar-refractivity contribution < 1.29 is 48.2 Å². The third kappa shape index (κ3) is 4.57. The number of Topliss-reactive ketones (excluding diaryl/α,β-unsaturated/α-hetero) is 2. The molecule has 0 N–H and O–H groups in total. The summed E-state index contributed by atoms with van der Waals surface area (Å²) in [5, 5.41) is 0. The summed E-state index contributed by atoms with van der Waals surface area (Å²) in [5.41, 5.74) is 0.604. The van der Waals surface area contributed by atoms with Crippen LogP contribution < -0.4 is 0 Å². The molecule has 13 heavy (non-hydrogen) atoms. The van der Waals surface area contributed by atoms with Crippen LogP contribution in [0.3, 0.4) is 0 Å². The van der Waals surface area contributed by atoms with Gasteiger partial charge in [-0.2, -0.15) is 0 Å². The average Bonchev–Trinajstić information content (AvgIpc) is 2.05. The van der Waals surface area contributed by atoms with E-state index in [9.17, 15) is 9.59 Å². The van der Waals surface area contributed by atoms with E-state index < -0.39 is 0 Å². The third-order valence-electron chi connectivity index (χ3n) is 1.51. The Balaban J connectivity index is 0.00000144. The van der Waals surface area contributed by atoms with E-state index in [1.807, 2.05) is 6.07 Å². The van der Waals surface area contributed by atoms with Gasteiger partial charge in [0.15, 0.2) is 5.78 Å². The van der Waals surface area contributed by atoms with Crippen LogP contribution in [0.25, 0.3) is 0 Å². The minimum Gasteiger partial charge on any atom is -0.300 e. The van der Waals surface area contributed by atoms with Crippen molar-refractivity contribution >= 4 is 11.6 Å². The van der Waals surface area contributed by atoms with Crippen molar-refractivity contribution in [1.82, 2.24) is 0 Å². The molecule has 0 aromatic heterocycles. The largest absolute Gasteiger partial charge is 0.300 e. The number of carbonyl (C=O) groups excluding carboxylic acids is 2. The average molecular weight is 321 g/mol. The van der Waals surface area contributed by atoms with Crippen molar-refractivity contribution in [3.05, 3.63) is 35.9 Å². The van der Waals surface area contributed by atoms with E-state index in [2.05, 4.69) is 0 Å². The van der Waals surface area contributed by atoms with E-state index in [0.29, 0.717) is 5.56 Å². The second-order valence-corrected chi connectivity index (χ2v) is 2.67.